The first-order valence-corrected chi connectivity index (χ1v) is 10.6. The molecule has 34 heavy (non-hydrogen) atoms. The van der Waals surface area contributed by atoms with E-state index >= 15 is 0 Å². The first-order chi connectivity index (χ1) is 16.6. The molecule has 4 aromatic rings. The highest BCUT2D eigenvalue weighted by atomic mass is 35.5. The highest BCUT2D eigenvalue weighted by Gasteiger charge is 2.18. The Morgan fingerprint density at radius 3 is 2.79 bits per heavy atom. The summed E-state index contributed by atoms with van der Waals surface area (Å²) in [5.74, 6) is 0.0697. The van der Waals surface area contributed by atoms with E-state index in [1.165, 1.54) is 12.1 Å². The number of nitrogen functional groups attached to an aromatic ring is 1. The first kappa shape index (κ1) is 23.3. The van der Waals surface area contributed by atoms with Crippen LogP contribution in [-0.2, 0) is 16.1 Å². The molecule has 0 atom stereocenters. The van der Waals surface area contributed by atoms with Gasteiger partial charge in [0.1, 0.15) is 25.0 Å². The van der Waals surface area contributed by atoms with E-state index in [0.717, 1.165) is 24.3 Å². The number of aromatic nitrogens is 5. The van der Waals surface area contributed by atoms with Gasteiger partial charge in [-0.05, 0) is 18.2 Å². The molecule has 0 aliphatic carbocycles. The van der Waals surface area contributed by atoms with Crippen molar-refractivity contribution in [2.24, 2.45) is 0 Å². The Hall–Kier alpha value is -3.83. The fourth-order valence-corrected chi connectivity index (χ4v) is 3.93. The second-order valence-corrected chi connectivity index (χ2v) is 7.63. The molecule has 10 nitrogen and oxygen atoms in total. The third-order valence-corrected chi connectivity index (χ3v) is 5.68. The molecule has 0 spiro atoms. The number of carbonyl (C=O) groups is 1. The maximum atomic E-state index is 14.7. The van der Waals surface area contributed by atoms with Gasteiger partial charge in [0, 0.05) is 42.0 Å². The lowest BCUT2D eigenvalue weighted by atomic mass is 10.0. The molecule has 0 bridgehead atoms. The number of hydrogen-bond acceptors (Lipinski definition) is 9. The van der Waals surface area contributed by atoms with Crippen LogP contribution in [0.25, 0.3) is 22.3 Å². The van der Waals surface area contributed by atoms with Gasteiger partial charge in [0.05, 0.1) is 30.1 Å². The number of aromatic amines is 1. The molecule has 3 aromatic heterocycles. The fraction of sp³-hybridized carbons (Fsp3) is 0.227. The Kier molecular flexibility index (Phi) is 7.14. The third-order valence-electron chi connectivity index (χ3n) is 5.25. The number of nitrogens with two attached hydrogens (primary N) is 1. The van der Waals surface area contributed by atoms with E-state index in [-0.39, 0.29) is 23.0 Å². The van der Waals surface area contributed by atoms with E-state index in [4.69, 9.17) is 31.6 Å². The maximum absolute atomic E-state index is 14.7. The molecule has 4 heterocycles. The smallest absolute Gasteiger partial charge is 0.207 e. The number of rotatable bonds is 5. The van der Waals surface area contributed by atoms with Crippen LogP contribution < -0.4 is 15.4 Å². The number of benzene rings is 1. The number of nitrogens with one attached hydrogen (secondary N) is 1. The highest BCUT2D eigenvalue weighted by Crippen LogP contribution is 2.35. The zero-order chi connectivity index (χ0) is 24.1. The summed E-state index contributed by atoms with van der Waals surface area (Å²) in [6.45, 7) is 4.78. The second-order valence-electron chi connectivity index (χ2n) is 7.25. The number of anilines is 2. The van der Waals surface area contributed by atoms with Gasteiger partial charge in [0.15, 0.2) is 11.3 Å². The van der Waals surface area contributed by atoms with Crippen LogP contribution in [0.2, 0.25) is 5.02 Å². The minimum absolute atomic E-state index is 0.125. The van der Waals surface area contributed by atoms with Crippen LogP contribution in [0.3, 0.4) is 0 Å². The van der Waals surface area contributed by atoms with E-state index < -0.39 is 5.82 Å². The molecule has 1 saturated heterocycles. The first-order valence-electron chi connectivity index (χ1n) is 10.2. The molecular weight excluding hydrogens is 465 g/mol. The standard InChI is InChI=1S/C21H19ClFN7O2.CH2O/c22-19-14(12-7-13(10-25-9-12)30-3-5-31-6-4-30)1-2-16(23)15(19)11-32-17-8-18(24)26-21-20(17)27-29-28-21;1-2/h1-2,7-10H,3-6,11H2,(H3,24,26,27,28,29);1H2. The normalized spacial score (nSPS) is 13.4. The average molecular weight is 486 g/mol. The van der Waals surface area contributed by atoms with E-state index in [9.17, 15) is 4.39 Å². The molecule has 1 aromatic carbocycles. The topological polar surface area (TPSA) is 132 Å². The number of fused-ring (bicyclic) bond motifs is 1. The summed E-state index contributed by atoms with van der Waals surface area (Å²) < 4.78 is 25.9. The van der Waals surface area contributed by atoms with Crippen molar-refractivity contribution in [3.05, 3.63) is 53.1 Å². The maximum Gasteiger partial charge on any atom is 0.207 e. The minimum atomic E-state index is -0.477. The summed E-state index contributed by atoms with van der Waals surface area (Å²) in [5, 5.41) is 10.6. The lowest BCUT2D eigenvalue weighted by molar-refractivity contribution is -0.0979. The van der Waals surface area contributed by atoms with Crippen molar-refractivity contribution in [1.82, 2.24) is 25.4 Å². The summed E-state index contributed by atoms with van der Waals surface area (Å²) in [6.07, 6.45) is 3.50. The van der Waals surface area contributed by atoms with Crippen LogP contribution in [0.1, 0.15) is 5.56 Å². The van der Waals surface area contributed by atoms with Crippen molar-refractivity contribution in [1.29, 1.82) is 0 Å². The predicted molar refractivity (Wildman–Crippen MR) is 125 cm³/mol. The third kappa shape index (κ3) is 4.75. The Bertz CT molecular complexity index is 1300. The second kappa shape index (κ2) is 10.4. The quantitative estimate of drug-likeness (QED) is 0.437. The van der Waals surface area contributed by atoms with E-state index in [0.29, 0.717) is 35.7 Å². The SMILES string of the molecule is C=O.Nc1cc(OCc2c(F)ccc(-c3cncc(N4CCOCC4)c3)c2Cl)c2n[nH]nc2n1. The van der Waals surface area contributed by atoms with Gasteiger partial charge in [-0.25, -0.2) is 9.37 Å². The highest BCUT2D eigenvalue weighted by molar-refractivity contribution is 6.34. The molecule has 5 rings (SSSR count). The molecule has 0 radical (unpaired) electrons. The Morgan fingerprint density at radius 1 is 1.21 bits per heavy atom. The van der Waals surface area contributed by atoms with Gasteiger partial charge in [-0.15, -0.1) is 5.10 Å². The van der Waals surface area contributed by atoms with Crippen LogP contribution in [0.5, 0.6) is 5.75 Å². The van der Waals surface area contributed by atoms with E-state index in [2.05, 4.69) is 30.3 Å². The number of pyridine rings is 2. The number of hydrogen-bond donors (Lipinski definition) is 2. The molecule has 1 fully saturated rings. The van der Waals surface area contributed by atoms with Crippen LogP contribution in [-0.4, -0.2) is 58.5 Å². The monoisotopic (exact) mass is 485 g/mol. The van der Waals surface area contributed by atoms with Gasteiger partial charge in [-0.3, -0.25) is 4.98 Å². The van der Waals surface area contributed by atoms with Crippen molar-refractivity contribution >= 4 is 41.1 Å². The van der Waals surface area contributed by atoms with Crippen LogP contribution in [0, 0.1) is 5.82 Å². The molecule has 3 N–H and O–H groups in total. The van der Waals surface area contributed by atoms with Crippen molar-refractivity contribution in [2.75, 3.05) is 36.9 Å². The van der Waals surface area contributed by atoms with Crippen molar-refractivity contribution in [3.63, 3.8) is 0 Å². The van der Waals surface area contributed by atoms with E-state index in [1.54, 1.807) is 18.5 Å². The van der Waals surface area contributed by atoms with Crippen LogP contribution in [0.4, 0.5) is 15.9 Å². The summed E-state index contributed by atoms with van der Waals surface area (Å²) in [5.41, 5.74) is 9.13. The van der Waals surface area contributed by atoms with Crippen LogP contribution >= 0.6 is 11.6 Å². The molecule has 0 saturated carbocycles. The summed E-state index contributed by atoms with van der Waals surface area (Å²) >= 11 is 6.63. The van der Waals surface area contributed by atoms with Gasteiger partial charge in [-0.2, -0.15) is 10.3 Å². The van der Waals surface area contributed by atoms with Gasteiger partial charge < -0.3 is 24.9 Å². The predicted octanol–water partition coefficient (Wildman–Crippen LogP) is 3.02. The van der Waals surface area contributed by atoms with Crippen molar-refractivity contribution in [2.45, 2.75) is 6.61 Å². The number of H-pyrrole nitrogens is 1. The Morgan fingerprint density at radius 2 is 2.00 bits per heavy atom. The summed E-state index contributed by atoms with van der Waals surface area (Å²) in [6, 6.07) is 6.51. The van der Waals surface area contributed by atoms with Crippen molar-refractivity contribution < 1.29 is 18.7 Å². The zero-order valence-corrected chi connectivity index (χ0v) is 18.8. The van der Waals surface area contributed by atoms with E-state index in [1.807, 2.05) is 12.9 Å². The molecular formula is C22H21ClFN7O3. The molecule has 12 heteroatoms. The largest absolute Gasteiger partial charge is 0.486 e. The summed E-state index contributed by atoms with van der Waals surface area (Å²) in [7, 11) is 0. The van der Waals surface area contributed by atoms with Gasteiger partial charge in [0.25, 0.3) is 0 Å². The number of morpholine rings is 1. The Balaban J connectivity index is 0.00000133. The molecule has 176 valence electrons. The number of halogens is 2. The van der Waals surface area contributed by atoms with Crippen LogP contribution in [0.15, 0.2) is 36.7 Å². The number of carbonyl (C=O) groups excluding carboxylic acids is 1. The number of nitrogens with zero attached hydrogens (tertiary/aromatic N) is 5. The Labute approximate surface area is 198 Å². The van der Waals surface area contributed by atoms with Gasteiger partial charge in [0.2, 0.25) is 5.65 Å². The molecule has 1 aliphatic heterocycles. The number of ether oxygens (including phenoxy) is 2. The molecule has 0 amide bonds. The van der Waals surface area contributed by atoms with Crippen molar-refractivity contribution in [3.8, 4) is 16.9 Å². The molecule has 1 aliphatic rings. The van der Waals surface area contributed by atoms with Gasteiger partial charge >= 0.3 is 0 Å². The fourth-order valence-electron chi connectivity index (χ4n) is 3.61. The lowest BCUT2D eigenvalue weighted by Crippen LogP contribution is -2.36. The van der Waals surface area contributed by atoms with Gasteiger partial charge in [-0.1, -0.05) is 11.6 Å². The minimum Gasteiger partial charge on any atom is -0.486 e. The molecule has 0 unspecified atom stereocenters. The average Bonchev–Trinajstić information content (AvgIpc) is 3.34. The lowest BCUT2D eigenvalue weighted by Gasteiger charge is -2.28. The zero-order valence-electron chi connectivity index (χ0n) is 18.0. The summed E-state index contributed by atoms with van der Waals surface area (Å²) in [4.78, 5) is 18.6.